The van der Waals surface area contributed by atoms with Crippen molar-refractivity contribution in [3.8, 4) is 5.75 Å². The molecule has 1 saturated carbocycles. The summed E-state index contributed by atoms with van der Waals surface area (Å²) in [5.41, 5.74) is 3.49. The Morgan fingerprint density at radius 1 is 1.05 bits per heavy atom. The van der Waals surface area contributed by atoms with Gasteiger partial charge in [0.2, 0.25) is 5.91 Å². The standard InChI is InChI=1S/C30H40N4O4S/c1-4-22-23-9-10-25(35)24(28(23)32(2)30(22)39-3)18-33-15-20(16-33)13-14-31-29(38)21-7-5-19(6-8-21)17-34-26(36)11-12-27(34)37/h9-12,19-21,35H,4-8,13-18H2,1-3H3,(H,31,38). The highest BCUT2D eigenvalue weighted by Crippen LogP contribution is 2.38. The zero-order valence-corrected chi connectivity index (χ0v) is 24.1. The Labute approximate surface area is 234 Å². The molecule has 0 radical (unpaired) electrons. The predicted molar refractivity (Wildman–Crippen MR) is 153 cm³/mol. The number of aromatic nitrogens is 1. The number of aromatic hydroxyl groups is 1. The van der Waals surface area contributed by atoms with Crippen molar-refractivity contribution in [2.75, 3.05) is 32.4 Å². The van der Waals surface area contributed by atoms with E-state index in [0.717, 1.165) is 69.2 Å². The zero-order chi connectivity index (χ0) is 27.7. The molecule has 2 N–H and O–H groups in total. The molecule has 0 atom stereocenters. The molecule has 5 rings (SSSR count). The average Bonchev–Trinajstić information content (AvgIpc) is 3.38. The summed E-state index contributed by atoms with van der Waals surface area (Å²) in [6.45, 7) is 6.01. The van der Waals surface area contributed by atoms with Crippen LogP contribution in [0.2, 0.25) is 0 Å². The molecule has 1 aromatic carbocycles. The maximum absolute atomic E-state index is 12.7. The third-order valence-corrected chi connectivity index (χ3v) is 9.76. The first-order valence-electron chi connectivity index (χ1n) is 14.2. The molecule has 39 heavy (non-hydrogen) atoms. The summed E-state index contributed by atoms with van der Waals surface area (Å²) in [6, 6.07) is 3.89. The van der Waals surface area contributed by atoms with Crippen LogP contribution in [0.5, 0.6) is 5.75 Å². The number of nitrogens with one attached hydrogen (secondary N) is 1. The third-order valence-electron chi connectivity index (χ3n) is 8.85. The van der Waals surface area contributed by atoms with Crippen LogP contribution in [0, 0.1) is 17.8 Å². The van der Waals surface area contributed by atoms with Crippen LogP contribution in [0.25, 0.3) is 10.9 Å². The van der Waals surface area contributed by atoms with Gasteiger partial charge in [-0.3, -0.25) is 24.2 Å². The molecule has 9 heteroatoms. The molecule has 3 amide bonds. The number of nitrogens with zero attached hydrogens (tertiary/aromatic N) is 3. The first kappa shape index (κ1) is 27.8. The summed E-state index contributed by atoms with van der Waals surface area (Å²) in [5, 5.41) is 16.4. The van der Waals surface area contributed by atoms with E-state index in [2.05, 4.69) is 35.0 Å². The number of phenols is 1. The van der Waals surface area contributed by atoms with Crippen LogP contribution in [0.3, 0.4) is 0 Å². The van der Waals surface area contributed by atoms with Crippen molar-refractivity contribution in [3.05, 3.63) is 35.4 Å². The van der Waals surface area contributed by atoms with Gasteiger partial charge in [0.1, 0.15) is 5.75 Å². The van der Waals surface area contributed by atoms with Crippen LogP contribution in [0.15, 0.2) is 29.3 Å². The topological polar surface area (TPSA) is 94.9 Å². The number of hydrogen-bond donors (Lipinski definition) is 2. The van der Waals surface area contributed by atoms with Gasteiger partial charge in [0, 0.05) is 68.8 Å². The Balaban J connectivity index is 1.05. The van der Waals surface area contributed by atoms with Gasteiger partial charge in [0.05, 0.1) is 10.5 Å². The van der Waals surface area contributed by atoms with Gasteiger partial charge in [-0.1, -0.05) is 6.92 Å². The lowest BCUT2D eigenvalue weighted by molar-refractivity contribution is -0.138. The Morgan fingerprint density at radius 3 is 2.38 bits per heavy atom. The van der Waals surface area contributed by atoms with E-state index in [4.69, 9.17) is 0 Å². The van der Waals surface area contributed by atoms with Gasteiger partial charge in [-0.15, -0.1) is 11.8 Å². The molecule has 1 aliphatic carbocycles. The van der Waals surface area contributed by atoms with Crippen molar-refractivity contribution in [3.63, 3.8) is 0 Å². The van der Waals surface area contributed by atoms with E-state index in [1.54, 1.807) is 11.8 Å². The highest BCUT2D eigenvalue weighted by molar-refractivity contribution is 7.98. The monoisotopic (exact) mass is 552 g/mol. The van der Waals surface area contributed by atoms with Crippen molar-refractivity contribution < 1.29 is 19.5 Å². The second kappa shape index (κ2) is 11.8. The number of rotatable bonds is 10. The number of carbonyl (C=O) groups is 3. The second-order valence-electron chi connectivity index (χ2n) is 11.3. The van der Waals surface area contributed by atoms with Crippen molar-refractivity contribution in [1.29, 1.82) is 0 Å². The van der Waals surface area contributed by atoms with Gasteiger partial charge >= 0.3 is 0 Å². The molecule has 1 aromatic heterocycles. The molecule has 3 aliphatic rings. The SMILES string of the molecule is CCc1c(SC)n(C)c2c(CN3CC(CCNC(=O)C4CCC(CN5C(=O)C=CC5=O)CC4)C3)c(O)ccc12. The fraction of sp³-hybridized carbons (Fsp3) is 0.567. The minimum Gasteiger partial charge on any atom is -0.508 e. The summed E-state index contributed by atoms with van der Waals surface area (Å²) < 4.78 is 2.23. The number of fused-ring (bicyclic) bond motifs is 1. The number of thioether (sulfide) groups is 1. The van der Waals surface area contributed by atoms with E-state index >= 15 is 0 Å². The summed E-state index contributed by atoms with van der Waals surface area (Å²) in [4.78, 5) is 40.0. The molecule has 8 nitrogen and oxygen atoms in total. The fourth-order valence-corrected chi connectivity index (χ4v) is 7.53. The van der Waals surface area contributed by atoms with Crippen molar-refractivity contribution >= 4 is 40.4 Å². The average molecular weight is 553 g/mol. The normalized spacial score (nSPS) is 22.2. The molecule has 2 fully saturated rings. The number of imide groups is 1. The molecule has 3 heterocycles. The minimum absolute atomic E-state index is 0.0233. The van der Waals surface area contributed by atoms with E-state index in [0.29, 0.717) is 24.8 Å². The van der Waals surface area contributed by atoms with Crippen LogP contribution in [0.1, 0.15) is 50.2 Å². The lowest BCUT2D eigenvalue weighted by Crippen LogP contribution is -2.47. The highest BCUT2D eigenvalue weighted by Gasteiger charge is 2.32. The van der Waals surface area contributed by atoms with Crippen molar-refractivity contribution in [2.45, 2.75) is 57.0 Å². The molecule has 0 bridgehead atoms. The lowest BCUT2D eigenvalue weighted by atomic mass is 9.81. The van der Waals surface area contributed by atoms with Crippen LogP contribution < -0.4 is 5.32 Å². The van der Waals surface area contributed by atoms with Crippen LogP contribution in [-0.4, -0.2) is 69.6 Å². The molecule has 2 aliphatic heterocycles. The van der Waals surface area contributed by atoms with Gasteiger partial charge in [-0.25, -0.2) is 0 Å². The number of likely N-dealkylation sites (tertiary alicyclic amines) is 1. The number of amides is 3. The summed E-state index contributed by atoms with van der Waals surface area (Å²) in [5.74, 6) is 0.903. The predicted octanol–water partition coefficient (Wildman–Crippen LogP) is 3.84. The third kappa shape index (κ3) is 5.61. The van der Waals surface area contributed by atoms with E-state index in [1.807, 2.05) is 12.1 Å². The first-order chi connectivity index (χ1) is 18.8. The van der Waals surface area contributed by atoms with E-state index in [-0.39, 0.29) is 29.6 Å². The quantitative estimate of drug-likeness (QED) is 0.344. The number of aryl methyl sites for hydroxylation is 2. The Bertz CT molecular complexity index is 1270. The highest BCUT2D eigenvalue weighted by atomic mass is 32.2. The molecule has 0 spiro atoms. The van der Waals surface area contributed by atoms with Crippen molar-refractivity contribution in [2.24, 2.45) is 24.8 Å². The maximum atomic E-state index is 12.7. The Hall–Kier alpha value is -2.78. The number of carbonyl (C=O) groups excluding carboxylic acids is 3. The second-order valence-corrected chi connectivity index (χ2v) is 12.1. The zero-order valence-electron chi connectivity index (χ0n) is 23.2. The van der Waals surface area contributed by atoms with Gasteiger partial charge in [-0.05, 0) is 74.3 Å². The first-order valence-corrected chi connectivity index (χ1v) is 15.4. The molecule has 2 aromatic rings. The summed E-state index contributed by atoms with van der Waals surface area (Å²) in [6.07, 6.45) is 10.1. The Kier molecular flexibility index (Phi) is 8.38. The minimum atomic E-state index is -0.224. The lowest BCUT2D eigenvalue weighted by Gasteiger charge is -2.39. The van der Waals surface area contributed by atoms with E-state index in [9.17, 15) is 19.5 Å². The van der Waals surface area contributed by atoms with Crippen LogP contribution in [0.4, 0.5) is 0 Å². The largest absolute Gasteiger partial charge is 0.508 e. The molecule has 0 unspecified atom stereocenters. The fourth-order valence-electron chi connectivity index (χ4n) is 6.66. The number of hydrogen-bond acceptors (Lipinski definition) is 6. The molecular formula is C30H40N4O4S. The van der Waals surface area contributed by atoms with E-state index < -0.39 is 0 Å². The molecule has 210 valence electrons. The van der Waals surface area contributed by atoms with Gasteiger partial charge < -0.3 is 15.0 Å². The summed E-state index contributed by atoms with van der Waals surface area (Å²) >= 11 is 1.76. The summed E-state index contributed by atoms with van der Waals surface area (Å²) in [7, 11) is 2.09. The smallest absolute Gasteiger partial charge is 0.253 e. The van der Waals surface area contributed by atoms with Crippen molar-refractivity contribution in [1.82, 2.24) is 19.7 Å². The Morgan fingerprint density at radius 2 is 1.74 bits per heavy atom. The van der Waals surface area contributed by atoms with Gasteiger partial charge in [-0.2, -0.15) is 0 Å². The van der Waals surface area contributed by atoms with Crippen LogP contribution in [-0.2, 0) is 34.4 Å². The van der Waals surface area contributed by atoms with Gasteiger partial charge in [0.25, 0.3) is 11.8 Å². The molecular weight excluding hydrogens is 512 g/mol. The number of phenolic OH excluding ortho intramolecular Hbond substituents is 1. The molecule has 1 saturated heterocycles. The number of benzene rings is 1. The van der Waals surface area contributed by atoms with Gasteiger partial charge in [0.15, 0.2) is 0 Å². The maximum Gasteiger partial charge on any atom is 0.253 e. The van der Waals surface area contributed by atoms with E-state index in [1.165, 1.54) is 33.0 Å². The van der Waals surface area contributed by atoms with Crippen LogP contribution >= 0.6 is 11.8 Å².